The second kappa shape index (κ2) is 10.4. The van der Waals surface area contributed by atoms with Crippen LogP contribution in [0.1, 0.15) is 16.7 Å². The Morgan fingerprint density at radius 1 is 0.971 bits per heavy atom. The highest BCUT2D eigenvalue weighted by Gasteiger charge is 2.33. The molecule has 1 N–H and O–H groups in total. The topological polar surface area (TPSA) is 137 Å². The first kappa shape index (κ1) is 24.8. The Morgan fingerprint density at radius 3 is 2.26 bits per heavy atom. The number of amides is 1. The van der Waals surface area contributed by atoms with Crippen LogP contribution in [0, 0.1) is 20.2 Å². The maximum Gasteiger partial charge on any atom is 0.416 e. The maximum atomic E-state index is 12.8. The van der Waals surface area contributed by atoms with Crippen LogP contribution in [0.25, 0.3) is 0 Å². The zero-order valence-electron chi connectivity index (χ0n) is 17.6. The molecule has 0 radical (unpaired) electrons. The zero-order chi connectivity index (χ0) is 25.6. The Bertz CT molecular complexity index is 1290. The van der Waals surface area contributed by atoms with E-state index in [0.29, 0.717) is 17.7 Å². The molecule has 0 saturated carbocycles. The average Bonchev–Trinajstić information content (AvgIpc) is 2.80. The van der Waals surface area contributed by atoms with Crippen molar-refractivity contribution in [1.82, 2.24) is 5.43 Å². The molecular weight excluding hydrogens is 473 g/mol. The Balaban J connectivity index is 1.63. The number of alkyl halides is 3. The summed E-state index contributed by atoms with van der Waals surface area (Å²) < 4.78 is 43.8. The molecular formula is C22H15F3N4O6. The molecule has 0 fully saturated rings. The molecule has 0 aliphatic carbocycles. The number of halogens is 3. The number of nitrogens with zero attached hydrogens (tertiary/aromatic N) is 3. The highest BCUT2D eigenvalue weighted by Crippen LogP contribution is 2.37. The number of hydrogen-bond donors (Lipinski definition) is 1. The highest BCUT2D eigenvalue weighted by atomic mass is 19.4. The third-order valence-corrected chi connectivity index (χ3v) is 4.53. The van der Waals surface area contributed by atoms with E-state index in [2.05, 4.69) is 10.5 Å². The minimum Gasteiger partial charge on any atom is -0.450 e. The smallest absolute Gasteiger partial charge is 0.416 e. The largest absolute Gasteiger partial charge is 0.450 e. The van der Waals surface area contributed by atoms with Crippen LogP contribution in [0.2, 0.25) is 0 Å². The molecule has 3 aromatic carbocycles. The number of benzene rings is 3. The van der Waals surface area contributed by atoms with Crippen molar-refractivity contribution in [2.45, 2.75) is 12.6 Å². The van der Waals surface area contributed by atoms with Gasteiger partial charge >= 0.3 is 11.9 Å². The molecule has 0 atom stereocenters. The summed E-state index contributed by atoms with van der Waals surface area (Å²) in [5.41, 5.74) is 0.765. The molecule has 0 saturated heterocycles. The first-order chi connectivity index (χ1) is 16.5. The minimum absolute atomic E-state index is 0.116. The molecule has 0 heterocycles. The summed E-state index contributed by atoms with van der Waals surface area (Å²) in [4.78, 5) is 32.6. The van der Waals surface area contributed by atoms with Crippen LogP contribution < -0.4 is 10.2 Å². The van der Waals surface area contributed by atoms with Gasteiger partial charge in [-0.05, 0) is 42.0 Å². The summed E-state index contributed by atoms with van der Waals surface area (Å²) in [7, 11) is 0. The van der Waals surface area contributed by atoms with E-state index < -0.39 is 33.2 Å². The summed E-state index contributed by atoms with van der Waals surface area (Å²) in [6, 6.07) is 13.5. The van der Waals surface area contributed by atoms with Gasteiger partial charge in [-0.3, -0.25) is 25.0 Å². The fraction of sp³-hybridized carbons (Fsp3) is 0.0909. The summed E-state index contributed by atoms with van der Waals surface area (Å²) in [5.74, 6) is -0.831. The van der Waals surface area contributed by atoms with Gasteiger partial charge < -0.3 is 4.74 Å². The molecule has 180 valence electrons. The number of ether oxygens (including phenoxy) is 1. The number of nitro groups is 2. The quantitative estimate of drug-likeness (QED) is 0.269. The lowest BCUT2D eigenvalue weighted by molar-refractivity contribution is -0.385. The van der Waals surface area contributed by atoms with Gasteiger partial charge in [-0.2, -0.15) is 18.3 Å². The second-order valence-electron chi connectivity index (χ2n) is 6.96. The van der Waals surface area contributed by atoms with Crippen LogP contribution in [-0.2, 0) is 17.4 Å². The minimum atomic E-state index is -4.74. The Morgan fingerprint density at radius 2 is 1.63 bits per heavy atom. The van der Waals surface area contributed by atoms with E-state index in [-0.39, 0.29) is 29.2 Å². The number of para-hydroxylation sites is 1. The monoisotopic (exact) mass is 488 g/mol. The summed E-state index contributed by atoms with van der Waals surface area (Å²) >= 11 is 0. The van der Waals surface area contributed by atoms with Gasteiger partial charge in [0.15, 0.2) is 0 Å². The Hall–Kier alpha value is -4.81. The SMILES string of the molecule is O=C(Cc1ccccc1[N+](=O)[O-])N/N=C/c1ccc(Oc2ccc(C(F)(F)F)cc2[N+](=O)[O-])cc1. The van der Waals surface area contributed by atoms with Crippen LogP contribution in [0.15, 0.2) is 71.8 Å². The lowest BCUT2D eigenvalue weighted by Crippen LogP contribution is -2.20. The zero-order valence-corrected chi connectivity index (χ0v) is 17.6. The highest BCUT2D eigenvalue weighted by molar-refractivity contribution is 5.83. The predicted octanol–water partition coefficient (Wildman–Crippen LogP) is 5.01. The van der Waals surface area contributed by atoms with Crippen LogP contribution in [-0.4, -0.2) is 22.0 Å². The molecule has 35 heavy (non-hydrogen) atoms. The van der Waals surface area contributed by atoms with E-state index >= 15 is 0 Å². The second-order valence-corrected chi connectivity index (χ2v) is 6.96. The first-order valence-corrected chi connectivity index (χ1v) is 9.72. The number of hydrazone groups is 1. The van der Waals surface area contributed by atoms with E-state index in [1.807, 2.05) is 0 Å². The maximum absolute atomic E-state index is 12.8. The van der Waals surface area contributed by atoms with Gasteiger partial charge in [0, 0.05) is 17.7 Å². The van der Waals surface area contributed by atoms with Crippen molar-refractivity contribution >= 4 is 23.5 Å². The lowest BCUT2D eigenvalue weighted by atomic mass is 10.1. The molecule has 0 bridgehead atoms. The molecule has 10 nitrogen and oxygen atoms in total. The molecule has 3 aromatic rings. The van der Waals surface area contributed by atoms with Gasteiger partial charge in [0.1, 0.15) is 5.75 Å². The molecule has 0 unspecified atom stereocenters. The predicted molar refractivity (Wildman–Crippen MR) is 117 cm³/mol. The van der Waals surface area contributed by atoms with Crippen LogP contribution in [0.3, 0.4) is 0 Å². The van der Waals surface area contributed by atoms with Crippen molar-refractivity contribution in [3.05, 3.63) is 104 Å². The van der Waals surface area contributed by atoms with E-state index in [9.17, 15) is 38.2 Å². The first-order valence-electron chi connectivity index (χ1n) is 9.72. The van der Waals surface area contributed by atoms with Gasteiger partial charge in [0.05, 0.1) is 28.0 Å². The van der Waals surface area contributed by atoms with E-state index in [1.54, 1.807) is 6.07 Å². The van der Waals surface area contributed by atoms with Gasteiger partial charge in [0.2, 0.25) is 11.7 Å². The van der Waals surface area contributed by atoms with Gasteiger partial charge in [-0.15, -0.1) is 0 Å². The van der Waals surface area contributed by atoms with Gasteiger partial charge in [-0.25, -0.2) is 5.43 Å². The van der Waals surface area contributed by atoms with E-state index in [1.165, 1.54) is 48.7 Å². The van der Waals surface area contributed by atoms with E-state index in [0.717, 1.165) is 6.07 Å². The number of nitrogens with one attached hydrogen (secondary N) is 1. The molecule has 0 spiro atoms. The van der Waals surface area contributed by atoms with Crippen molar-refractivity contribution in [3.63, 3.8) is 0 Å². The number of nitro benzene ring substituents is 2. The van der Waals surface area contributed by atoms with Gasteiger partial charge in [0.25, 0.3) is 5.69 Å². The lowest BCUT2D eigenvalue weighted by Gasteiger charge is -2.10. The van der Waals surface area contributed by atoms with Crippen molar-refractivity contribution in [2.24, 2.45) is 5.10 Å². The van der Waals surface area contributed by atoms with Crippen LogP contribution in [0.5, 0.6) is 11.5 Å². The van der Waals surface area contributed by atoms with E-state index in [4.69, 9.17) is 4.74 Å². The van der Waals surface area contributed by atoms with Crippen LogP contribution >= 0.6 is 0 Å². The van der Waals surface area contributed by atoms with Crippen molar-refractivity contribution in [3.8, 4) is 11.5 Å². The molecule has 0 aromatic heterocycles. The van der Waals surface area contributed by atoms with Crippen molar-refractivity contribution < 1.29 is 32.5 Å². The van der Waals surface area contributed by atoms with Crippen molar-refractivity contribution in [1.29, 1.82) is 0 Å². The Labute approximate surface area is 194 Å². The number of carbonyl (C=O) groups is 1. The summed E-state index contributed by atoms with van der Waals surface area (Å²) in [5, 5.41) is 25.9. The fourth-order valence-electron chi connectivity index (χ4n) is 2.90. The third kappa shape index (κ3) is 6.60. The number of carbonyl (C=O) groups excluding carboxylic acids is 1. The molecule has 0 aliphatic heterocycles. The number of rotatable bonds is 8. The van der Waals surface area contributed by atoms with Crippen molar-refractivity contribution in [2.75, 3.05) is 0 Å². The molecule has 3 rings (SSSR count). The third-order valence-electron chi connectivity index (χ3n) is 4.53. The summed E-state index contributed by atoms with van der Waals surface area (Å²) in [6.45, 7) is 0. The summed E-state index contributed by atoms with van der Waals surface area (Å²) in [6.07, 6.45) is -3.72. The normalized spacial score (nSPS) is 11.3. The van der Waals surface area contributed by atoms with Gasteiger partial charge in [-0.1, -0.05) is 18.2 Å². The molecule has 13 heteroatoms. The fourth-order valence-corrected chi connectivity index (χ4v) is 2.90. The molecule has 1 amide bonds. The standard InChI is InChI=1S/C22H15F3N4O6/c23-22(24,25)16-7-10-20(19(12-16)29(33)34)35-17-8-5-14(6-9-17)13-26-27-21(30)11-15-3-1-2-4-18(15)28(31)32/h1-10,12-13H,11H2,(H,27,30)/b26-13+. The average molecular weight is 488 g/mol. The molecule has 0 aliphatic rings. The number of hydrogen-bond acceptors (Lipinski definition) is 7. The van der Waals surface area contributed by atoms with Crippen LogP contribution in [0.4, 0.5) is 24.5 Å². The Kier molecular flexibility index (Phi) is 7.39.